The van der Waals surface area contributed by atoms with Crippen molar-refractivity contribution in [2.75, 3.05) is 28.4 Å². The maximum absolute atomic E-state index is 12.8. The molecule has 3 atom stereocenters. The molecule has 1 fully saturated rings. The van der Waals surface area contributed by atoms with Gasteiger partial charge in [0, 0.05) is 0 Å². The van der Waals surface area contributed by atoms with Crippen molar-refractivity contribution < 1.29 is 48.1 Å². The zero-order chi connectivity index (χ0) is 26.3. The predicted octanol–water partition coefficient (Wildman–Crippen LogP) is 4.55. The fraction of sp³-hybridized carbons (Fsp3) is 0.462. The molecule has 1 aliphatic rings. The normalized spacial score (nSPS) is 21.3. The first-order valence-corrected chi connectivity index (χ1v) is 11.5. The first kappa shape index (κ1) is 27.1. The maximum Gasteiger partial charge on any atom is 0.376 e. The smallest absolute Gasteiger partial charge is 0.376 e. The second kappa shape index (κ2) is 12.0. The lowest BCUT2D eigenvalue weighted by atomic mass is 9.78. The number of rotatable bonds is 10. The summed E-state index contributed by atoms with van der Waals surface area (Å²) in [6.07, 6.45) is 1.11. The van der Waals surface area contributed by atoms with E-state index in [4.69, 9.17) is 38.5 Å². The Kier molecular flexibility index (Phi) is 9.00. The highest BCUT2D eigenvalue weighted by atomic mass is 17.2. The molecule has 1 saturated carbocycles. The molecular formula is C26H32O10. The maximum atomic E-state index is 12.8. The number of ether oxygens (including phenoxy) is 4. The van der Waals surface area contributed by atoms with Crippen LogP contribution < -0.4 is 18.9 Å². The van der Waals surface area contributed by atoms with E-state index in [9.17, 15) is 9.59 Å². The lowest BCUT2D eigenvalue weighted by Crippen LogP contribution is -2.48. The molecule has 0 aromatic heterocycles. The molecule has 2 aromatic carbocycles. The second-order valence-corrected chi connectivity index (χ2v) is 8.73. The van der Waals surface area contributed by atoms with E-state index < -0.39 is 23.6 Å². The zero-order valence-electron chi connectivity index (χ0n) is 21.3. The first-order valence-electron chi connectivity index (χ1n) is 11.5. The van der Waals surface area contributed by atoms with Crippen LogP contribution in [0, 0.1) is 5.92 Å². The van der Waals surface area contributed by atoms with Crippen LogP contribution in [0.15, 0.2) is 36.4 Å². The van der Waals surface area contributed by atoms with Crippen molar-refractivity contribution in [2.45, 2.75) is 44.8 Å². The third-order valence-corrected chi connectivity index (χ3v) is 6.23. The Morgan fingerprint density at radius 1 is 0.806 bits per heavy atom. The summed E-state index contributed by atoms with van der Waals surface area (Å²) >= 11 is 0. The summed E-state index contributed by atoms with van der Waals surface area (Å²) in [7, 11) is 5.86. The minimum atomic E-state index is -1.08. The van der Waals surface area contributed by atoms with Gasteiger partial charge in [0.05, 0.1) is 28.4 Å². The summed E-state index contributed by atoms with van der Waals surface area (Å²) in [5.74, 6) is 0.281. The number of benzene rings is 2. The van der Waals surface area contributed by atoms with Crippen molar-refractivity contribution in [3.63, 3.8) is 0 Å². The molecule has 10 heteroatoms. The zero-order valence-corrected chi connectivity index (χ0v) is 21.3. The fourth-order valence-corrected chi connectivity index (χ4v) is 3.93. The molecule has 0 aliphatic heterocycles. The molecule has 10 nitrogen and oxygen atoms in total. The quantitative estimate of drug-likeness (QED) is 0.338. The highest BCUT2D eigenvalue weighted by Crippen LogP contribution is 2.38. The molecule has 0 saturated heterocycles. The van der Waals surface area contributed by atoms with E-state index >= 15 is 0 Å². The molecule has 0 bridgehead atoms. The molecule has 0 heterocycles. The van der Waals surface area contributed by atoms with Gasteiger partial charge in [0.25, 0.3) is 0 Å². The van der Waals surface area contributed by atoms with E-state index in [-0.39, 0.29) is 17.0 Å². The average molecular weight is 505 g/mol. The van der Waals surface area contributed by atoms with Gasteiger partial charge in [-0.3, -0.25) is 9.78 Å². The molecule has 3 rings (SSSR count). The van der Waals surface area contributed by atoms with Crippen LogP contribution in [0.3, 0.4) is 0 Å². The van der Waals surface area contributed by atoms with Gasteiger partial charge in [-0.1, -0.05) is 6.92 Å². The van der Waals surface area contributed by atoms with E-state index in [1.807, 2.05) is 0 Å². The van der Waals surface area contributed by atoms with Crippen molar-refractivity contribution in [3.8, 4) is 23.0 Å². The van der Waals surface area contributed by atoms with Gasteiger partial charge in [0.15, 0.2) is 0 Å². The van der Waals surface area contributed by atoms with Crippen LogP contribution >= 0.6 is 0 Å². The highest BCUT2D eigenvalue weighted by molar-refractivity contribution is 5.93. The van der Waals surface area contributed by atoms with Crippen LogP contribution in [0.1, 0.15) is 53.8 Å². The lowest BCUT2D eigenvalue weighted by Gasteiger charge is -2.39. The van der Waals surface area contributed by atoms with Gasteiger partial charge < -0.3 is 18.9 Å². The Labute approximate surface area is 210 Å². The van der Waals surface area contributed by atoms with Gasteiger partial charge in [-0.25, -0.2) is 9.59 Å². The average Bonchev–Trinajstić information content (AvgIpc) is 2.91. The molecule has 2 aromatic rings. The first-order chi connectivity index (χ1) is 17.2. The summed E-state index contributed by atoms with van der Waals surface area (Å²) in [6, 6.07) is 9.50. The van der Waals surface area contributed by atoms with Crippen molar-refractivity contribution in [2.24, 2.45) is 5.92 Å². The minimum absolute atomic E-state index is 0.138. The highest BCUT2D eigenvalue weighted by Gasteiger charge is 2.45. The summed E-state index contributed by atoms with van der Waals surface area (Å²) in [5, 5.41) is 0. The van der Waals surface area contributed by atoms with Crippen molar-refractivity contribution in [1.29, 1.82) is 0 Å². The van der Waals surface area contributed by atoms with Crippen molar-refractivity contribution in [3.05, 3.63) is 47.5 Å². The molecule has 0 spiro atoms. The van der Waals surface area contributed by atoms with Crippen molar-refractivity contribution in [1.82, 2.24) is 0 Å². The number of methoxy groups -OCH3 is 4. The minimum Gasteiger partial charge on any atom is -0.497 e. The van der Waals surface area contributed by atoms with Gasteiger partial charge in [-0.15, -0.1) is 0 Å². The Morgan fingerprint density at radius 2 is 1.33 bits per heavy atom. The number of carbonyl (C=O) groups is 2. The van der Waals surface area contributed by atoms with Crippen LogP contribution in [0.25, 0.3) is 0 Å². The largest absolute Gasteiger partial charge is 0.497 e. The van der Waals surface area contributed by atoms with Gasteiger partial charge in [0.1, 0.15) is 45.8 Å². The van der Waals surface area contributed by atoms with Gasteiger partial charge >= 0.3 is 11.9 Å². The predicted molar refractivity (Wildman–Crippen MR) is 127 cm³/mol. The van der Waals surface area contributed by atoms with Crippen LogP contribution in [-0.4, -0.2) is 52.1 Å². The Balaban J connectivity index is 1.71. The van der Waals surface area contributed by atoms with E-state index in [1.54, 1.807) is 31.2 Å². The van der Waals surface area contributed by atoms with Gasteiger partial charge in [0.2, 0.25) is 0 Å². The second-order valence-electron chi connectivity index (χ2n) is 8.73. The molecule has 3 unspecified atom stereocenters. The van der Waals surface area contributed by atoms with Crippen LogP contribution in [0.4, 0.5) is 0 Å². The SMILES string of the molecule is COc1ccc(OC)c(C(=O)OOC2CC(C)CCC2(C)OOC(=O)c2cc(OC)ccc2OC)c1. The Morgan fingerprint density at radius 3 is 1.83 bits per heavy atom. The molecule has 0 amide bonds. The summed E-state index contributed by atoms with van der Waals surface area (Å²) in [5.41, 5.74) is -0.800. The van der Waals surface area contributed by atoms with Crippen LogP contribution in [-0.2, 0) is 19.6 Å². The molecule has 36 heavy (non-hydrogen) atoms. The van der Waals surface area contributed by atoms with Gasteiger partial charge in [-0.05, 0) is 68.5 Å². The third-order valence-electron chi connectivity index (χ3n) is 6.23. The molecule has 1 aliphatic carbocycles. The fourth-order valence-electron chi connectivity index (χ4n) is 3.93. The molecular weight excluding hydrogens is 472 g/mol. The van der Waals surface area contributed by atoms with E-state index in [0.29, 0.717) is 35.8 Å². The van der Waals surface area contributed by atoms with Crippen molar-refractivity contribution >= 4 is 11.9 Å². The summed E-state index contributed by atoms with van der Waals surface area (Å²) in [4.78, 5) is 47.2. The molecule has 0 N–H and O–H groups in total. The lowest BCUT2D eigenvalue weighted by molar-refractivity contribution is -0.388. The third kappa shape index (κ3) is 6.19. The summed E-state index contributed by atoms with van der Waals surface area (Å²) < 4.78 is 20.9. The number of hydrogen-bond donors (Lipinski definition) is 0. The Hall–Kier alpha value is -3.50. The number of carbonyl (C=O) groups excluding carboxylic acids is 2. The number of hydrogen-bond acceptors (Lipinski definition) is 10. The van der Waals surface area contributed by atoms with E-state index in [2.05, 4.69) is 6.92 Å². The van der Waals surface area contributed by atoms with Gasteiger partial charge in [-0.2, -0.15) is 9.78 Å². The van der Waals surface area contributed by atoms with E-state index in [0.717, 1.165) is 6.42 Å². The topological polar surface area (TPSA) is 108 Å². The molecule has 0 radical (unpaired) electrons. The summed E-state index contributed by atoms with van der Waals surface area (Å²) in [6.45, 7) is 3.79. The standard InChI is InChI=1S/C26H32O10/c1-16-11-12-26(2,36-35-25(28)20-15-18(30-4)8-10-22(20)32-6)23(13-16)33-34-24(27)19-14-17(29-3)7-9-21(19)31-5/h7-10,14-16,23H,11-13H2,1-6H3. The van der Waals surface area contributed by atoms with Crippen LogP contribution in [0.2, 0.25) is 0 Å². The molecule has 196 valence electrons. The monoisotopic (exact) mass is 504 g/mol. The van der Waals surface area contributed by atoms with Crippen LogP contribution in [0.5, 0.6) is 23.0 Å². The Bertz CT molecular complexity index is 1070. The van der Waals surface area contributed by atoms with E-state index in [1.165, 1.54) is 40.6 Å².